The fourth-order valence-corrected chi connectivity index (χ4v) is 1.83. The molecule has 0 aliphatic rings. The van der Waals surface area contributed by atoms with Crippen molar-refractivity contribution >= 4 is 28.9 Å². The van der Waals surface area contributed by atoms with Crippen LogP contribution in [0.15, 0.2) is 30.5 Å². The zero-order chi connectivity index (χ0) is 13.1. The SMILES string of the molecule is Cc1cc(NCc2cc(Cl)ccc2F)cnc1Cl. The topological polar surface area (TPSA) is 24.9 Å². The Morgan fingerprint density at radius 3 is 2.78 bits per heavy atom. The Labute approximate surface area is 115 Å². The van der Waals surface area contributed by atoms with Crippen LogP contribution in [-0.2, 0) is 6.54 Å². The quantitative estimate of drug-likeness (QED) is 0.843. The van der Waals surface area contributed by atoms with Crippen molar-refractivity contribution in [1.82, 2.24) is 4.98 Å². The van der Waals surface area contributed by atoms with Gasteiger partial charge in [0.15, 0.2) is 0 Å². The number of pyridine rings is 1. The minimum absolute atomic E-state index is 0.287. The van der Waals surface area contributed by atoms with Gasteiger partial charge in [-0.2, -0.15) is 0 Å². The minimum atomic E-state index is -0.287. The van der Waals surface area contributed by atoms with E-state index < -0.39 is 0 Å². The first-order valence-corrected chi connectivity index (χ1v) is 6.12. The zero-order valence-electron chi connectivity index (χ0n) is 9.67. The summed E-state index contributed by atoms with van der Waals surface area (Å²) in [5.41, 5.74) is 2.17. The van der Waals surface area contributed by atoms with E-state index in [2.05, 4.69) is 10.3 Å². The lowest BCUT2D eigenvalue weighted by atomic mass is 10.2. The maximum Gasteiger partial charge on any atom is 0.132 e. The summed E-state index contributed by atoms with van der Waals surface area (Å²) in [5, 5.41) is 4.06. The fourth-order valence-electron chi connectivity index (χ4n) is 1.53. The smallest absolute Gasteiger partial charge is 0.132 e. The van der Waals surface area contributed by atoms with Gasteiger partial charge >= 0.3 is 0 Å². The molecule has 2 aromatic rings. The van der Waals surface area contributed by atoms with Crippen molar-refractivity contribution in [3.63, 3.8) is 0 Å². The Bertz CT molecular complexity index is 573. The first-order chi connectivity index (χ1) is 8.56. The maximum absolute atomic E-state index is 13.5. The molecule has 1 aromatic carbocycles. The van der Waals surface area contributed by atoms with Crippen LogP contribution in [0.4, 0.5) is 10.1 Å². The summed E-state index contributed by atoms with van der Waals surface area (Å²) in [6.45, 7) is 2.20. The molecule has 1 heterocycles. The van der Waals surface area contributed by atoms with Crippen LogP contribution in [0.25, 0.3) is 0 Å². The van der Waals surface area contributed by atoms with E-state index in [1.807, 2.05) is 13.0 Å². The summed E-state index contributed by atoms with van der Waals surface area (Å²) in [5.74, 6) is -0.287. The summed E-state index contributed by atoms with van der Waals surface area (Å²) in [4.78, 5) is 4.01. The molecule has 0 aliphatic carbocycles. The molecule has 0 amide bonds. The van der Waals surface area contributed by atoms with Gasteiger partial charge in [0.1, 0.15) is 11.0 Å². The lowest BCUT2D eigenvalue weighted by Crippen LogP contribution is -2.02. The molecule has 0 bridgehead atoms. The molecule has 1 N–H and O–H groups in total. The second-order valence-corrected chi connectivity index (χ2v) is 4.72. The molecule has 0 saturated heterocycles. The number of rotatable bonds is 3. The highest BCUT2D eigenvalue weighted by Crippen LogP contribution is 2.19. The van der Waals surface area contributed by atoms with Crippen LogP contribution in [0.2, 0.25) is 10.2 Å². The zero-order valence-corrected chi connectivity index (χ0v) is 11.2. The van der Waals surface area contributed by atoms with Crippen molar-refractivity contribution in [3.05, 3.63) is 57.6 Å². The predicted molar refractivity (Wildman–Crippen MR) is 72.7 cm³/mol. The van der Waals surface area contributed by atoms with E-state index in [4.69, 9.17) is 23.2 Å². The van der Waals surface area contributed by atoms with Gasteiger partial charge in [0.2, 0.25) is 0 Å². The summed E-state index contributed by atoms with van der Waals surface area (Å²) in [7, 11) is 0. The molecule has 1 aromatic heterocycles. The summed E-state index contributed by atoms with van der Waals surface area (Å²) in [6, 6.07) is 6.33. The third-order valence-corrected chi connectivity index (χ3v) is 3.14. The van der Waals surface area contributed by atoms with Crippen LogP contribution in [-0.4, -0.2) is 4.98 Å². The van der Waals surface area contributed by atoms with Crippen molar-refractivity contribution in [3.8, 4) is 0 Å². The van der Waals surface area contributed by atoms with Crippen molar-refractivity contribution in [1.29, 1.82) is 0 Å². The Hall–Kier alpha value is -1.32. The molecule has 2 rings (SSSR count). The van der Waals surface area contributed by atoms with E-state index in [0.717, 1.165) is 11.3 Å². The van der Waals surface area contributed by atoms with Gasteiger partial charge in [-0.05, 0) is 36.8 Å². The highest BCUT2D eigenvalue weighted by atomic mass is 35.5. The third kappa shape index (κ3) is 3.12. The van der Waals surface area contributed by atoms with Crippen molar-refractivity contribution in [2.75, 3.05) is 5.32 Å². The Morgan fingerprint density at radius 1 is 1.28 bits per heavy atom. The molecule has 5 heteroatoms. The average Bonchev–Trinajstić information content (AvgIpc) is 2.34. The van der Waals surface area contributed by atoms with Crippen LogP contribution >= 0.6 is 23.2 Å². The number of aromatic nitrogens is 1. The molecule has 0 saturated carbocycles. The van der Waals surface area contributed by atoms with E-state index in [0.29, 0.717) is 22.3 Å². The molecule has 2 nitrogen and oxygen atoms in total. The Morgan fingerprint density at radius 2 is 2.06 bits per heavy atom. The highest BCUT2D eigenvalue weighted by Gasteiger charge is 2.04. The van der Waals surface area contributed by atoms with Gasteiger partial charge in [-0.1, -0.05) is 23.2 Å². The number of anilines is 1. The second kappa shape index (κ2) is 5.55. The molecular weight excluding hydrogens is 274 g/mol. The van der Waals surface area contributed by atoms with E-state index in [1.165, 1.54) is 12.1 Å². The molecule has 0 unspecified atom stereocenters. The minimum Gasteiger partial charge on any atom is -0.380 e. The van der Waals surface area contributed by atoms with E-state index in [9.17, 15) is 4.39 Å². The number of hydrogen-bond acceptors (Lipinski definition) is 2. The van der Waals surface area contributed by atoms with Crippen LogP contribution in [0.3, 0.4) is 0 Å². The molecule has 0 radical (unpaired) electrons. The van der Waals surface area contributed by atoms with Gasteiger partial charge in [-0.25, -0.2) is 9.37 Å². The van der Waals surface area contributed by atoms with Crippen molar-refractivity contribution in [2.24, 2.45) is 0 Å². The fraction of sp³-hybridized carbons (Fsp3) is 0.154. The van der Waals surface area contributed by atoms with Gasteiger partial charge < -0.3 is 5.32 Å². The Kier molecular flexibility index (Phi) is 4.04. The second-order valence-electron chi connectivity index (χ2n) is 3.92. The number of hydrogen-bond donors (Lipinski definition) is 1. The monoisotopic (exact) mass is 284 g/mol. The van der Waals surface area contributed by atoms with E-state index in [-0.39, 0.29) is 5.82 Å². The number of nitrogens with zero attached hydrogens (tertiary/aromatic N) is 1. The van der Waals surface area contributed by atoms with Gasteiger partial charge in [0.05, 0.1) is 11.9 Å². The highest BCUT2D eigenvalue weighted by molar-refractivity contribution is 6.30. The molecule has 94 valence electrons. The van der Waals surface area contributed by atoms with Gasteiger partial charge in [0.25, 0.3) is 0 Å². The number of nitrogens with one attached hydrogen (secondary N) is 1. The largest absolute Gasteiger partial charge is 0.380 e. The lowest BCUT2D eigenvalue weighted by molar-refractivity contribution is 0.613. The number of aryl methyl sites for hydroxylation is 1. The van der Waals surface area contributed by atoms with Crippen LogP contribution in [0.5, 0.6) is 0 Å². The van der Waals surface area contributed by atoms with Crippen LogP contribution < -0.4 is 5.32 Å². The third-order valence-electron chi connectivity index (χ3n) is 2.51. The molecule has 0 atom stereocenters. The summed E-state index contributed by atoms with van der Waals surface area (Å²) in [6.07, 6.45) is 1.61. The first kappa shape index (κ1) is 13.1. The number of benzene rings is 1. The number of halogens is 3. The van der Waals surface area contributed by atoms with Gasteiger partial charge in [-0.3, -0.25) is 0 Å². The summed E-state index contributed by atoms with van der Waals surface area (Å²) < 4.78 is 13.5. The molecule has 18 heavy (non-hydrogen) atoms. The van der Waals surface area contributed by atoms with Crippen LogP contribution in [0.1, 0.15) is 11.1 Å². The van der Waals surface area contributed by atoms with Crippen molar-refractivity contribution in [2.45, 2.75) is 13.5 Å². The predicted octanol–water partition coefficient (Wildman–Crippen LogP) is 4.45. The summed E-state index contributed by atoms with van der Waals surface area (Å²) >= 11 is 11.6. The molecule has 0 aliphatic heterocycles. The molecule has 0 spiro atoms. The first-order valence-electron chi connectivity index (χ1n) is 5.36. The van der Waals surface area contributed by atoms with Crippen LogP contribution in [0, 0.1) is 12.7 Å². The van der Waals surface area contributed by atoms with E-state index in [1.54, 1.807) is 12.3 Å². The normalized spacial score (nSPS) is 10.4. The molecule has 0 fully saturated rings. The van der Waals surface area contributed by atoms with Gasteiger partial charge in [-0.15, -0.1) is 0 Å². The van der Waals surface area contributed by atoms with Gasteiger partial charge in [0, 0.05) is 17.1 Å². The Balaban J connectivity index is 2.11. The standard InChI is InChI=1S/C13H11Cl2FN2/c1-8-4-11(7-18-13(8)15)17-6-9-5-10(14)2-3-12(9)16/h2-5,7,17H,6H2,1H3. The van der Waals surface area contributed by atoms with Crippen molar-refractivity contribution < 1.29 is 4.39 Å². The van der Waals surface area contributed by atoms with E-state index >= 15 is 0 Å². The molecular formula is C13H11Cl2FN2. The maximum atomic E-state index is 13.5. The average molecular weight is 285 g/mol. The lowest BCUT2D eigenvalue weighted by Gasteiger charge is -2.08.